The van der Waals surface area contributed by atoms with Crippen molar-refractivity contribution >= 4 is 40.6 Å². The zero-order valence-electron chi connectivity index (χ0n) is 23.2. The zero-order valence-corrected chi connectivity index (χ0v) is 23.9. The van der Waals surface area contributed by atoms with E-state index in [9.17, 15) is 22.8 Å². The van der Waals surface area contributed by atoms with Crippen molar-refractivity contribution in [3.05, 3.63) is 59.3 Å². The van der Waals surface area contributed by atoms with Crippen LogP contribution in [0.4, 0.5) is 24.7 Å². The second-order valence-electron chi connectivity index (χ2n) is 10.4. The van der Waals surface area contributed by atoms with Gasteiger partial charge in [0.25, 0.3) is 5.91 Å². The van der Waals surface area contributed by atoms with Gasteiger partial charge in [0, 0.05) is 50.5 Å². The summed E-state index contributed by atoms with van der Waals surface area (Å²) >= 11 is 6.53. The number of anilines is 2. The number of aromatic nitrogens is 5. The van der Waals surface area contributed by atoms with E-state index in [1.807, 2.05) is 0 Å². The normalized spacial score (nSPS) is 17.2. The number of nitrogens with one attached hydrogen (secondary N) is 2. The van der Waals surface area contributed by atoms with E-state index in [1.165, 1.54) is 23.0 Å². The first-order valence-electron chi connectivity index (χ1n) is 13.9. The molecule has 0 unspecified atom stereocenters. The van der Waals surface area contributed by atoms with Crippen molar-refractivity contribution in [3.8, 4) is 17.3 Å². The van der Waals surface area contributed by atoms with E-state index in [4.69, 9.17) is 16.9 Å². The Bertz CT molecular complexity index is 1770. The van der Waals surface area contributed by atoms with Crippen LogP contribution < -0.4 is 10.6 Å². The van der Waals surface area contributed by atoms with Crippen LogP contribution in [0.5, 0.6) is 0 Å². The van der Waals surface area contributed by atoms with Crippen molar-refractivity contribution in [2.75, 3.05) is 38.0 Å². The molecule has 3 aromatic heterocycles. The van der Waals surface area contributed by atoms with Gasteiger partial charge in [-0.05, 0) is 37.6 Å². The van der Waals surface area contributed by atoms with Crippen molar-refractivity contribution in [3.63, 3.8) is 0 Å². The number of imidazole rings is 1. The molecule has 12 nitrogen and oxygen atoms in total. The Morgan fingerprint density at radius 2 is 1.93 bits per heavy atom. The van der Waals surface area contributed by atoms with Gasteiger partial charge in [0.05, 0.1) is 40.2 Å². The first-order valence-corrected chi connectivity index (χ1v) is 14.2. The van der Waals surface area contributed by atoms with E-state index in [2.05, 4.69) is 25.7 Å². The van der Waals surface area contributed by atoms with Gasteiger partial charge in [-0.25, -0.2) is 9.97 Å². The van der Waals surface area contributed by atoms with Crippen molar-refractivity contribution in [1.82, 2.24) is 39.3 Å². The average Bonchev–Trinajstić information content (AvgIpc) is 3.77. The molecule has 2 fully saturated rings. The summed E-state index contributed by atoms with van der Waals surface area (Å²) in [6.07, 6.45) is 2.36. The molecular weight excluding hydrogens is 601 g/mol. The number of alkyl halides is 3. The molecule has 228 valence electrons. The first kappa shape index (κ1) is 29.4. The number of hydrogen-bond acceptors (Lipinski definition) is 8. The van der Waals surface area contributed by atoms with Crippen molar-refractivity contribution in [2.45, 2.75) is 31.6 Å². The van der Waals surface area contributed by atoms with Crippen molar-refractivity contribution < 1.29 is 22.8 Å². The van der Waals surface area contributed by atoms with E-state index >= 15 is 0 Å². The van der Waals surface area contributed by atoms with Gasteiger partial charge in [-0.1, -0.05) is 11.6 Å². The maximum absolute atomic E-state index is 13.7. The highest BCUT2D eigenvalue weighted by Gasteiger charge is 2.38. The molecule has 0 spiro atoms. The standard InChI is InChI=1S/C28H26ClF3N10O2/c29-20-14-17(3-4-18(20)26(43)39-10-12-40(13-11-39)27(44)21-2-1-6-34-21)37-24-25-36-15-22(42(25)9-7-35-24)19-16-41(8-5-33)38-23(19)28(30,31)32/h3-4,7,9,14-16,21,34H,1-2,6,8,10-13H2,(H,35,37)/t21-/m1/s1. The predicted molar refractivity (Wildman–Crippen MR) is 153 cm³/mol. The summed E-state index contributed by atoms with van der Waals surface area (Å²) < 4.78 is 43.6. The number of nitrogens with zero attached hydrogens (tertiary/aromatic N) is 8. The van der Waals surface area contributed by atoms with E-state index in [-0.39, 0.29) is 52.1 Å². The van der Waals surface area contributed by atoms with Crippen LogP contribution in [-0.4, -0.2) is 84.5 Å². The Hall–Kier alpha value is -4.68. The molecule has 6 rings (SSSR count). The minimum Gasteiger partial charge on any atom is -0.338 e. The van der Waals surface area contributed by atoms with Crippen LogP contribution >= 0.6 is 11.6 Å². The van der Waals surface area contributed by atoms with Crippen LogP contribution in [0.25, 0.3) is 16.9 Å². The molecule has 2 amide bonds. The van der Waals surface area contributed by atoms with E-state index in [0.29, 0.717) is 37.4 Å². The lowest BCUT2D eigenvalue weighted by molar-refractivity contribution is -0.141. The number of piperazine rings is 1. The third-order valence-corrected chi connectivity index (χ3v) is 7.98. The van der Waals surface area contributed by atoms with Crippen LogP contribution in [-0.2, 0) is 17.5 Å². The number of fused-ring (bicyclic) bond motifs is 1. The van der Waals surface area contributed by atoms with Gasteiger partial charge in [0.1, 0.15) is 6.54 Å². The summed E-state index contributed by atoms with van der Waals surface area (Å²) in [5.74, 6) is 0.0683. The van der Waals surface area contributed by atoms with Gasteiger partial charge in [-0.15, -0.1) is 0 Å². The number of carbonyl (C=O) groups excluding carboxylic acids is 2. The molecule has 1 atom stereocenters. The molecule has 16 heteroatoms. The molecule has 4 aromatic rings. The molecule has 0 saturated carbocycles. The molecule has 2 aliphatic heterocycles. The number of nitriles is 1. The zero-order chi connectivity index (χ0) is 31.0. The number of benzene rings is 1. The summed E-state index contributed by atoms with van der Waals surface area (Å²) in [4.78, 5) is 38.0. The predicted octanol–water partition coefficient (Wildman–Crippen LogP) is 3.57. The Balaban J connectivity index is 1.18. The number of rotatable bonds is 6. The van der Waals surface area contributed by atoms with Crippen LogP contribution in [0.15, 0.2) is 43.0 Å². The molecule has 0 radical (unpaired) electrons. The molecule has 44 heavy (non-hydrogen) atoms. The second kappa shape index (κ2) is 11.8. The minimum absolute atomic E-state index is 0.0751. The summed E-state index contributed by atoms with van der Waals surface area (Å²) in [6, 6.07) is 6.43. The van der Waals surface area contributed by atoms with Crippen LogP contribution in [0, 0.1) is 11.3 Å². The highest BCUT2D eigenvalue weighted by molar-refractivity contribution is 6.34. The Kier molecular flexibility index (Phi) is 7.87. The molecular formula is C28H26ClF3N10O2. The van der Waals surface area contributed by atoms with Gasteiger partial charge in [0.15, 0.2) is 17.2 Å². The third kappa shape index (κ3) is 5.65. The Labute approximate surface area is 254 Å². The summed E-state index contributed by atoms with van der Waals surface area (Å²) in [5.41, 5.74) is -0.232. The van der Waals surface area contributed by atoms with Crippen LogP contribution in [0.2, 0.25) is 5.02 Å². The summed E-state index contributed by atoms with van der Waals surface area (Å²) in [7, 11) is 0. The smallest absolute Gasteiger partial charge is 0.338 e. The Morgan fingerprint density at radius 3 is 2.61 bits per heavy atom. The lowest BCUT2D eigenvalue weighted by Crippen LogP contribution is -2.54. The van der Waals surface area contributed by atoms with E-state index < -0.39 is 11.9 Å². The fourth-order valence-corrected chi connectivity index (χ4v) is 5.76. The van der Waals surface area contributed by atoms with Crippen molar-refractivity contribution in [1.29, 1.82) is 5.26 Å². The quantitative estimate of drug-likeness (QED) is 0.332. The molecule has 2 aliphatic rings. The molecule has 1 aromatic carbocycles. The van der Waals surface area contributed by atoms with Gasteiger partial charge >= 0.3 is 6.18 Å². The summed E-state index contributed by atoms with van der Waals surface area (Å²) in [5, 5.41) is 19.0. The lowest BCUT2D eigenvalue weighted by Gasteiger charge is -2.36. The third-order valence-electron chi connectivity index (χ3n) is 7.67. The van der Waals surface area contributed by atoms with Crippen LogP contribution in [0.3, 0.4) is 0 Å². The molecule has 2 N–H and O–H groups in total. The second-order valence-corrected chi connectivity index (χ2v) is 10.9. The largest absolute Gasteiger partial charge is 0.435 e. The molecule has 2 saturated heterocycles. The van der Waals surface area contributed by atoms with Gasteiger partial charge in [0.2, 0.25) is 5.91 Å². The number of carbonyl (C=O) groups is 2. The van der Waals surface area contributed by atoms with Crippen molar-refractivity contribution in [2.24, 2.45) is 0 Å². The summed E-state index contributed by atoms with van der Waals surface area (Å²) in [6.45, 7) is 2.19. The first-order chi connectivity index (χ1) is 21.1. The fraction of sp³-hybridized carbons (Fsp3) is 0.357. The average molecular weight is 627 g/mol. The molecule has 0 aliphatic carbocycles. The lowest BCUT2D eigenvalue weighted by atomic mass is 10.1. The maximum Gasteiger partial charge on any atom is 0.435 e. The number of halogens is 4. The SMILES string of the molecule is N#CCn1cc(-c2cnc3c(Nc4ccc(C(=O)N5CCN(C(=O)[C@H]6CCCN6)CC5)c(Cl)c4)nccn23)c(C(F)(F)F)n1. The Morgan fingerprint density at radius 1 is 1.16 bits per heavy atom. The highest BCUT2D eigenvalue weighted by Crippen LogP contribution is 2.37. The number of hydrogen-bond donors (Lipinski definition) is 2. The molecule has 5 heterocycles. The van der Waals surface area contributed by atoms with E-state index in [0.717, 1.165) is 30.3 Å². The van der Waals surface area contributed by atoms with Gasteiger partial charge in [-0.3, -0.25) is 18.7 Å². The minimum atomic E-state index is -4.75. The molecule has 0 bridgehead atoms. The highest BCUT2D eigenvalue weighted by atomic mass is 35.5. The fourth-order valence-electron chi connectivity index (χ4n) is 5.50. The monoisotopic (exact) mass is 626 g/mol. The number of amides is 2. The maximum atomic E-state index is 13.7. The van der Waals surface area contributed by atoms with Gasteiger partial charge in [-0.2, -0.15) is 23.5 Å². The van der Waals surface area contributed by atoms with E-state index in [1.54, 1.807) is 34.1 Å². The van der Waals surface area contributed by atoms with Gasteiger partial charge < -0.3 is 20.4 Å². The topological polar surface area (TPSA) is 136 Å². The van der Waals surface area contributed by atoms with Crippen LogP contribution in [0.1, 0.15) is 28.9 Å².